The number of rotatable bonds is 9. The Kier molecular flexibility index (Phi) is 7.29. The van der Waals surface area contributed by atoms with Gasteiger partial charge in [-0.25, -0.2) is 21.6 Å². The Morgan fingerprint density at radius 2 is 1.92 bits per heavy atom. The quantitative estimate of drug-likeness (QED) is 0.511. The van der Waals surface area contributed by atoms with E-state index in [-0.39, 0.29) is 36.0 Å². The van der Waals surface area contributed by atoms with Gasteiger partial charge in [-0.05, 0) is 25.1 Å². The lowest BCUT2D eigenvalue weighted by molar-refractivity contribution is -0.116. The van der Waals surface area contributed by atoms with Gasteiger partial charge in [0.1, 0.15) is 0 Å². The number of sulfonamides is 2. The van der Waals surface area contributed by atoms with Crippen molar-refractivity contribution in [1.29, 1.82) is 0 Å². The molecule has 1 aromatic rings. The van der Waals surface area contributed by atoms with Crippen molar-refractivity contribution >= 4 is 31.6 Å². The first-order chi connectivity index (χ1) is 11.1. The molecule has 1 aromatic carbocycles. The highest BCUT2D eigenvalue weighted by Crippen LogP contribution is 2.15. The molecule has 0 bridgehead atoms. The maximum Gasteiger partial charge on any atom is 0.240 e. The zero-order valence-corrected chi connectivity index (χ0v) is 15.2. The van der Waals surface area contributed by atoms with E-state index in [1.54, 1.807) is 0 Å². The third-order valence-corrected chi connectivity index (χ3v) is 6.34. The molecule has 4 N–H and O–H groups in total. The van der Waals surface area contributed by atoms with Crippen molar-refractivity contribution in [3.8, 4) is 0 Å². The molecule has 11 heteroatoms. The summed E-state index contributed by atoms with van der Waals surface area (Å²) in [7, 11) is -5.89. The maximum absolute atomic E-state index is 12.0. The molecule has 24 heavy (non-hydrogen) atoms. The molecule has 0 radical (unpaired) electrons. The molecule has 9 nitrogen and oxygen atoms in total. The van der Waals surface area contributed by atoms with E-state index in [2.05, 4.69) is 10.0 Å². The Hall–Kier alpha value is -1.53. The SMILES string of the molecule is CCS(=O)(=O)N(C)CC(=O)Nc1cccc(S(=O)(=O)NCCN)c1. The van der Waals surface area contributed by atoms with E-state index in [1.165, 1.54) is 38.2 Å². The van der Waals surface area contributed by atoms with Crippen LogP contribution in [0, 0.1) is 0 Å². The van der Waals surface area contributed by atoms with E-state index < -0.39 is 26.0 Å². The highest BCUT2D eigenvalue weighted by molar-refractivity contribution is 7.89. The van der Waals surface area contributed by atoms with Crippen LogP contribution in [0.1, 0.15) is 6.92 Å². The van der Waals surface area contributed by atoms with Gasteiger partial charge in [0, 0.05) is 25.8 Å². The first kappa shape index (κ1) is 20.5. The van der Waals surface area contributed by atoms with Crippen molar-refractivity contribution in [2.75, 3.05) is 37.8 Å². The lowest BCUT2D eigenvalue weighted by Gasteiger charge is -2.15. The fourth-order valence-corrected chi connectivity index (χ4v) is 3.59. The second-order valence-electron chi connectivity index (χ2n) is 4.92. The average molecular weight is 378 g/mol. The second-order valence-corrected chi connectivity index (χ2v) is 9.05. The summed E-state index contributed by atoms with van der Waals surface area (Å²) in [6, 6.07) is 5.64. The molecule has 0 fully saturated rings. The van der Waals surface area contributed by atoms with Gasteiger partial charge in [-0.2, -0.15) is 4.31 Å². The molecule has 0 spiro atoms. The number of nitrogens with two attached hydrogens (primary N) is 1. The summed E-state index contributed by atoms with van der Waals surface area (Å²) in [6.45, 7) is 1.37. The molecular weight excluding hydrogens is 356 g/mol. The summed E-state index contributed by atoms with van der Waals surface area (Å²) >= 11 is 0. The molecule has 0 atom stereocenters. The van der Waals surface area contributed by atoms with Crippen molar-refractivity contribution in [2.45, 2.75) is 11.8 Å². The normalized spacial score (nSPS) is 12.3. The molecule has 0 aromatic heterocycles. The Labute approximate surface area is 142 Å². The van der Waals surface area contributed by atoms with E-state index >= 15 is 0 Å². The fourth-order valence-electron chi connectivity index (χ4n) is 1.74. The van der Waals surface area contributed by atoms with Gasteiger partial charge < -0.3 is 11.1 Å². The van der Waals surface area contributed by atoms with Gasteiger partial charge in [0.05, 0.1) is 17.2 Å². The monoisotopic (exact) mass is 378 g/mol. The van der Waals surface area contributed by atoms with Crippen LogP contribution >= 0.6 is 0 Å². The van der Waals surface area contributed by atoms with Crippen molar-refractivity contribution in [2.24, 2.45) is 5.73 Å². The zero-order chi connectivity index (χ0) is 18.4. The predicted molar refractivity (Wildman–Crippen MR) is 91.4 cm³/mol. The van der Waals surface area contributed by atoms with Gasteiger partial charge in [0.15, 0.2) is 0 Å². The molecule has 0 heterocycles. The molecule has 0 aliphatic carbocycles. The summed E-state index contributed by atoms with van der Waals surface area (Å²) in [5, 5.41) is 2.48. The second kappa shape index (κ2) is 8.53. The number of carbonyl (C=O) groups excluding carboxylic acids is 1. The number of benzene rings is 1. The third kappa shape index (κ3) is 5.83. The number of hydrogen-bond donors (Lipinski definition) is 3. The summed E-state index contributed by atoms with van der Waals surface area (Å²) in [6.07, 6.45) is 0. The minimum Gasteiger partial charge on any atom is -0.329 e. The molecule has 0 saturated carbocycles. The summed E-state index contributed by atoms with van der Waals surface area (Å²) < 4.78 is 50.5. The molecular formula is C13H22N4O5S2. The number of hydrogen-bond acceptors (Lipinski definition) is 6. The topological polar surface area (TPSA) is 139 Å². The van der Waals surface area contributed by atoms with E-state index in [4.69, 9.17) is 5.73 Å². The van der Waals surface area contributed by atoms with Crippen LogP contribution in [0.15, 0.2) is 29.2 Å². The van der Waals surface area contributed by atoms with Gasteiger partial charge in [-0.3, -0.25) is 4.79 Å². The number of amides is 1. The number of carbonyl (C=O) groups is 1. The zero-order valence-electron chi connectivity index (χ0n) is 13.5. The Morgan fingerprint density at radius 3 is 2.50 bits per heavy atom. The highest BCUT2D eigenvalue weighted by Gasteiger charge is 2.19. The van der Waals surface area contributed by atoms with Crippen LogP contribution in [-0.4, -0.2) is 59.5 Å². The largest absolute Gasteiger partial charge is 0.329 e. The Morgan fingerprint density at radius 1 is 1.25 bits per heavy atom. The van der Waals surface area contributed by atoms with Crippen LogP contribution < -0.4 is 15.8 Å². The molecule has 1 amide bonds. The van der Waals surface area contributed by atoms with Crippen molar-refractivity contribution in [1.82, 2.24) is 9.03 Å². The highest BCUT2D eigenvalue weighted by atomic mass is 32.2. The summed E-state index contributed by atoms with van der Waals surface area (Å²) in [5.41, 5.74) is 5.51. The minimum absolute atomic E-state index is 0.0247. The predicted octanol–water partition coefficient (Wildman–Crippen LogP) is -0.856. The van der Waals surface area contributed by atoms with Crippen molar-refractivity contribution < 1.29 is 21.6 Å². The van der Waals surface area contributed by atoms with E-state index in [0.29, 0.717) is 0 Å². The molecule has 0 unspecified atom stereocenters. The summed E-state index contributed by atoms with van der Waals surface area (Å²) in [4.78, 5) is 11.9. The lowest BCUT2D eigenvalue weighted by atomic mass is 10.3. The maximum atomic E-state index is 12.0. The fraction of sp³-hybridized carbons (Fsp3) is 0.462. The molecule has 0 aliphatic rings. The Balaban J connectivity index is 2.83. The number of likely N-dealkylation sites (N-methyl/N-ethyl adjacent to an activating group) is 1. The minimum atomic E-state index is -3.72. The first-order valence-electron chi connectivity index (χ1n) is 7.16. The first-order valence-corrected chi connectivity index (χ1v) is 10.2. The third-order valence-electron chi connectivity index (χ3n) is 3.07. The van der Waals surface area contributed by atoms with Crippen LogP contribution in [0.4, 0.5) is 5.69 Å². The standard InChI is InChI=1S/C13H22N4O5S2/c1-3-23(19,20)17(2)10-13(18)16-11-5-4-6-12(9-11)24(21,22)15-8-7-14/h4-6,9,15H,3,7-8,10,14H2,1-2H3,(H,16,18). The van der Waals surface area contributed by atoms with Gasteiger partial charge in [0.2, 0.25) is 26.0 Å². The van der Waals surface area contributed by atoms with E-state index in [9.17, 15) is 21.6 Å². The molecule has 1 rings (SSSR count). The molecule has 0 saturated heterocycles. The van der Waals surface area contributed by atoms with Crippen molar-refractivity contribution in [3.63, 3.8) is 0 Å². The molecule has 0 aliphatic heterocycles. The van der Waals surface area contributed by atoms with Crippen LogP contribution in [0.25, 0.3) is 0 Å². The van der Waals surface area contributed by atoms with Crippen molar-refractivity contribution in [3.05, 3.63) is 24.3 Å². The van der Waals surface area contributed by atoms with Gasteiger partial charge in [0.25, 0.3) is 0 Å². The Bertz CT molecular complexity index is 777. The van der Waals surface area contributed by atoms with Gasteiger partial charge in [-0.15, -0.1) is 0 Å². The summed E-state index contributed by atoms with van der Waals surface area (Å²) in [5.74, 6) is -0.684. The number of anilines is 1. The lowest BCUT2D eigenvalue weighted by Crippen LogP contribution is -2.35. The van der Waals surface area contributed by atoms with Gasteiger partial charge in [-0.1, -0.05) is 6.07 Å². The van der Waals surface area contributed by atoms with Crippen LogP contribution in [-0.2, 0) is 24.8 Å². The number of nitrogens with one attached hydrogen (secondary N) is 2. The van der Waals surface area contributed by atoms with Gasteiger partial charge >= 0.3 is 0 Å². The molecule has 136 valence electrons. The van der Waals surface area contributed by atoms with E-state index in [1.807, 2.05) is 0 Å². The van der Waals surface area contributed by atoms with Crippen LogP contribution in [0.2, 0.25) is 0 Å². The smallest absolute Gasteiger partial charge is 0.240 e. The average Bonchev–Trinajstić information content (AvgIpc) is 2.53. The van der Waals surface area contributed by atoms with Crippen LogP contribution in [0.5, 0.6) is 0 Å². The van der Waals surface area contributed by atoms with Crippen LogP contribution in [0.3, 0.4) is 0 Å². The number of nitrogens with zero attached hydrogens (tertiary/aromatic N) is 1. The van der Waals surface area contributed by atoms with E-state index in [0.717, 1.165) is 4.31 Å².